The molecule has 0 aromatic carbocycles. The Labute approximate surface area is 132 Å². The van der Waals surface area contributed by atoms with Gasteiger partial charge >= 0.3 is 14.5 Å². The van der Waals surface area contributed by atoms with Crippen molar-refractivity contribution in [1.82, 2.24) is 0 Å². The van der Waals surface area contributed by atoms with Crippen molar-refractivity contribution < 1.29 is 32.0 Å². The monoisotopic (exact) mass is 364 g/mol. The number of rotatable bonds is 11. The predicted octanol–water partition coefficient (Wildman–Crippen LogP) is 4.58. The molecule has 0 rings (SSSR count). The van der Waals surface area contributed by atoms with Crippen LogP contribution in [0.2, 0.25) is 0 Å². The van der Waals surface area contributed by atoms with Crippen molar-refractivity contribution in [3.63, 3.8) is 0 Å². The maximum Gasteiger partial charge on any atom is 0.482 e. The van der Waals surface area contributed by atoms with Crippen LogP contribution in [0.25, 0.3) is 0 Å². The minimum absolute atomic E-state index is 0.240. The van der Waals surface area contributed by atoms with Gasteiger partial charge in [-0.3, -0.25) is 9.05 Å². The maximum atomic E-state index is 12.7. The van der Waals surface area contributed by atoms with Gasteiger partial charge in [0.05, 0.1) is 24.9 Å². The third-order valence-corrected chi connectivity index (χ3v) is 6.45. The quantitative estimate of drug-likeness (QED) is 0.300. The van der Waals surface area contributed by atoms with Crippen molar-refractivity contribution in [2.75, 3.05) is 6.61 Å². The summed E-state index contributed by atoms with van der Waals surface area (Å²) < 4.78 is 38.9. The second-order valence-corrected chi connectivity index (χ2v) is 9.48. The SMILES string of the molecule is CCOOP(=S)(OC(C)C)OP(=O)(OC(C)C)OC(C)C. The normalized spacial score (nSPS) is 15.9. The van der Waals surface area contributed by atoms with E-state index in [0.717, 1.165) is 0 Å². The Bertz CT molecular complexity index is 373. The van der Waals surface area contributed by atoms with Crippen LogP contribution in [0.15, 0.2) is 0 Å². The average molecular weight is 364 g/mol. The Hall–Kier alpha value is 0.640. The van der Waals surface area contributed by atoms with Gasteiger partial charge in [-0.2, -0.15) is 0 Å². The molecule has 21 heavy (non-hydrogen) atoms. The first-order valence-corrected chi connectivity index (χ1v) is 10.8. The molecule has 0 saturated carbocycles. The molecule has 0 saturated heterocycles. The highest BCUT2D eigenvalue weighted by Crippen LogP contribution is 2.67. The van der Waals surface area contributed by atoms with Gasteiger partial charge in [0.15, 0.2) is 0 Å². The van der Waals surface area contributed by atoms with E-state index in [1.807, 2.05) is 0 Å². The van der Waals surface area contributed by atoms with E-state index in [4.69, 9.17) is 39.3 Å². The Morgan fingerprint density at radius 2 is 1.33 bits per heavy atom. The van der Waals surface area contributed by atoms with E-state index in [1.165, 1.54) is 0 Å². The van der Waals surface area contributed by atoms with Gasteiger partial charge in [-0.05, 0) is 60.3 Å². The maximum absolute atomic E-state index is 12.7. The summed E-state index contributed by atoms with van der Waals surface area (Å²) in [6.45, 7) is 8.84. The lowest BCUT2D eigenvalue weighted by Crippen LogP contribution is -2.12. The van der Waals surface area contributed by atoms with Crippen LogP contribution in [0.4, 0.5) is 0 Å². The molecule has 0 N–H and O–H groups in total. The van der Waals surface area contributed by atoms with Crippen LogP contribution in [0.3, 0.4) is 0 Å². The molecular weight excluding hydrogens is 338 g/mol. The molecule has 1 unspecified atom stereocenters. The summed E-state index contributed by atoms with van der Waals surface area (Å²) in [5.41, 5.74) is 0. The number of hydrogen-bond donors (Lipinski definition) is 0. The smallest absolute Gasteiger partial charge is 0.304 e. The molecule has 0 aromatic heterocycles. The zero-order valence-corrected chi connectivity index (χ0v) is 16.2. The molecule has 0 fully saturated rings. The van der Waals surface area contributed by atoms with E-state index < -0.39 is 14.5 Å². The van der Waals surface area contributed by atoms with Gasteiger partial charge < -0.3 is 4.52 Å². The number of phosphoric ester groups is 1. The first-order valence-electron chi connectivity index (χ1n) is 6.79. The summed E-state index contributed by atoms with van der Waals surface area (Å²) in [7, 11) is -3.93. The molecule has 10 heteroatoms. The highest BCUT2D eigenvalue weighted by atomic mass is 32.5. The van der Waals surface area contributed by atoms with Gasteiger partial charge in [-0.25, -0.2) is 13.8 Å². The Balaban J connectivity index is 5.19. The molecular formula is C11H26O7P2S. The Morgan fingerprint density at radius 1 is 0.905 bits per heavy atom. The molecule has 0 aliphatic carbocycles. The molecule has 0 amide bonds. The minimum Gasteiger partial charge on any atom is -0.304 e. The molecule has 0 heterocycles. The number of hydrogen-bond acceptors (Lipinski definition) is 8. The fraction of sp³-hybridized carbons (Fsp3) is 1.00. The second-order valence-electron chi connectivity index (χ2n) is 4.92. The molecule has 1 atom stereocenters. The molecule has 0 bridgehead atoms. The van der Waals surface area contributed by atoms with Gasteiger partial charge in [-0.1, -0.05) is 0 Å². The Kier molecular flexibility index (Phi) is 10.0. The largest absolute Gasteiger partial charge is 0.482 e. The summed E-state index contributed by atoms with van der Waals surface area (Å²) in [4.78, 5) is 4.82. The van der Waals surface area contributed by atoms with Crippen molar-refractivity contribution in [3.05, 3.63) is 0 Å². The highest BCUT2D eigenvalue weighted by Gasteiger charge is 2.40. The fourth-order valence-electron chi connectivity index (χ4n) is 1.13. The van der Waals surface area contributed by atoms with Gasteiger partial charge in [-0.15, -0.1) is 4.67 Å². The lowest BCUT2D eigenvalue weighted by Gasteiger charge is -2.27. The number of phosphoric acid groups is 1. The first-order chi connectivity index (χ1) is 9.52. The van der Waals surface area contributed by atoms with Crippen LogP contribution in [0.1, 0.15) is 48.5 Å². The third kappa shape index (κ3) is 10.1. The van der Waals surface area contributed by atoms with Crippen molar-refractivity contribution in [2.24, 2.45) is 0 Å². The van der Waals surface area contributed by atoms with Gasteiger partial charge in [0.1, 0.15) is 0 Å². The second kappa shape index (κ2) is 9.71. The van der Waals surface area contributed by atoms with E-state index in [9.17, 15) is 4.57 Å². The third-order valence-electron chi connectivity index (χ3n) is 1.48. The van der Waals surface area contributed by atoms with Crippen molar-refractivity contribution in [1.29, 1.82) is 0 Å². The van der Waals surface area contributed by atoms with Crippen molar-refractivity contribution >= 4 is 26.3 Å². The van der Waals surface area contributed by atoms with Crippen LogP contribution in [0, 0.1) is 0 Å². The van der Waals surface area contributed by atoms with E-state index in [2.05, 4.69) is 0 Å². The topological polar surface area (TPSA) is 72.5 Å². The van der Waals surface area contributed by atoms with Crippen molar-refractivity contribution in [2.45, 2.75) is 66.8 Å². The minimum atomic E-state index is -3.93. The molecule has 0 radical (unpaired) electrons. The van der Waals surface area contributed by atoms with E-state index in [0.29, 0.717) is 0 Å². The molecule has 0 aliphatic rings. The van der Waals surface area contributed by atoms with Gasteiger partial charge in [0.25, 0.3) is 0 Å². The summed E-state index contributed by atoms with van der Waals surface area (Å²) in [6.07, 6.45) is -1.07. The van der Waals surface area contributed by atoms with Crippen LogP contribution in [-0.4, -0.2) is 24.9 Å². The zero-order valence-electron chi connectivity index (χ0n) is 13.6. The van der Waals surface area contributed by atoms with Gasteiger partial charge in [0.2, 0.25) is 0 Å². The summed E-state index contributed by atoms with van der Waals surface area (Å²) >= 11 is 5.18. The van der Waals surface area contributed by atoms with Gasteiger partial charge in [0, 0.05) is 0 Å². The molecule has 0 aromatic rings. The molecule has 7 nitrogen and oxygen atoms in total. The van der Waals surface area contributed by atoms with E-state index in [1.54, 1.807) is 48.5 Å². The predicted molar refractivity (Wildman–Crippen MR) is 84.4 cm³/mol. The molecule has 0 spiro atoms. The van der Waals surface area contributed by atoms with Crippen LogP contribution < -0.4 is 0 Å². The average Bonchev–Trinajstić information content (AvgIpc) is 2.21. The summed E-state index contributed by atoms with van der Waals surface area (Å²) in [5.74, 6) is 0. The lowest BCUT2D eigenvalue weighted by molar-refractivity contribution is -0.212. The van der Waals surface area contributed by atoms with Crippen LogP contribution in [0.5, 0.6) is 0 Å². The molecule has 128 valence electrons. The zero-order chi connectivity index (χ0) is 16.7. The van der Waals surface area contributed by atoms with Crippen molar-refractivity contribution in [3.8, 4) is 0 Å². The van der Waals surface area contributed by atoms with Crippen LogP contribution >= 0.6 is 14.5 Å². The first kappa shape index (κ1) is 21.6. The standard InChI is InChI=1S/C11H26O7P2S/c1-8-13-17-20(21,16-11(6)7)18-19(12,14-9(2)3)15-10(4)5/h9-11H,8H2,1-7H3. The highest BCUT2D eigenvalue weighted by molar-refractivity contribution is 8.08. The van der Waals surface area contributed by atoms with Crippen LogP contribution in [-0.2, 0) is 43.8 Å². The summed E-state index contributed by atoms with van der Waals surface area (Å²) in [6, 6.07) is 0. The van der Waals surface area contributed by atoms with E-state index in [-0.39, 0.29) is 24.9 Å². The fourth-order valence-corrected chi connectivity index (χ4v) is 5.93. The lowest BCUT2D eigenvalue weighted by atomic mass is 10.5. The summed E-state index contributed by atoms with van der Waals surface area (Å²) in [5, 5.41) is 0. The van der Waals surface area contributed by atoms with E-state index >= 15 is 0 Å². The molecule has 0 aliphatic heterocycles. The Morgan fingerprint density at radius 3 is 1.67 bits per heavy atom.